The zero-order valence-corrected chi connectivity index (χ0v) is 14.8. The third kappa shape index (κ3) is 3.62. The van der Waals surface area contributed by atoms with Crippen molar-refractivity contribution in [2.75, 3.05) is 5.32 Å². The molecule has 0 fully saturated rings. The molecule has 0 saturated carbocycles. The van der Waals surface area contributed by atoms with E-state index >= 15 is 0 Å². The summed E-state index contributed by atoms with van der Waals surface area (Å²) in [6, 6.07) is 23.1. The van der Waals surface area contributed by atoms with Crippen molar-refractivity contribution < 1.29 is 4.79 Å². The first-order valence-electron chi connectivity index (χ1n) is 8.65. The standard InChI is InChI=1S/C22H18N4O/c1-16-12-13-23-20(14-16)24-22(27)19-15-26(18-10-6-3-7-11-18)25-21(19)17-8-4-2-5-9-17/h2-15H,1H3,(H,23,24,27). The summed E-state index contributed by atoms with van der Waals surface area (Å²) < 4.78 is 1.72. The summed E-state index contributed by atoms with van der Waals surface area (Å²) in [5.74, 6) is 0.278. The molecule has 0 aliphatic rings. The first kappa shape index (κ1) is 16.7. The van der Waals surface area contributed by atoms with Crippen LogP contribution >= 0.6 is 0 Å². The van der Waals surface area contributed by atoms with Crippen LogP contribution < -0.4 is 5.32 Å². The summed E-state index contributed by atoms with van der Waals surface area (Å²) in [6.45, 7) is 1.96. The summed E-state index contributed by atoms with van der Waals surface area (Å²) in [5.41, 5.74) is 3.93. The first-order valence-corrected chi connectivity index (χ1v) is 8.65. The van der Waals surface area contributed by atoms with Crippen molar-refractivity contribution in [2.45, 2.75) is 6.92 Å². The van der Waals surface area contributed by atoms with Crippen LogP contribution in [-0.2, 0) is 0 Å². The van der Waals surface area contributed by atoms with Gasteiger partial charge in [-0.05, 0) is 36.8 Å². The minimum Gasteiger partial charge on any atom is -0.306 e. The molecule has 0 atom stereocenters. The zero-order chi connectivity index (χ0) is 18.6. The second kappa shape index (κ2) is 7.25. The molecule has 0 bridgehead atoms. The predicted octanol–water partition coefficient (Wildman–Crippen LogP) is 4.50. The van der Waals surface area contributed by atoms with Gasteiger partial charge < -0.3 is 5.32 Å². The van der Waals surface area contributed by atoms with Crippen LogP contribution in [-0.4, -0.2) is 20.7 Å². The van der Waals surface area contributed by atoms with Gasteiger partial charge in [0.25, 0.3) is 5.91 Å². The topological polar surface area (TPSA) is 59.8 Å². The molecule has 4 aromatic rings. The molecule has 4 rings (SSSR count). The Morgan fingerprint density at radius 1 is 0.963 bits per heavy atom. The number of pyridine rings is 1. The van der Waals surface area contributed by atoms with E-state index in [0.29, 0.717) is 17.1 Å². The van der Waals surface area contributed by atoms with E-state index in [2.05, 4.69) is 15.4 Å². The average molecular weight is 354 g/mol. The molecule has 0 saturated heterocycles. The lowest BCUT2D eigenvalue weighted by molar-refractivity contribution is 0.102. The van der Waals surface area contributed by atoms with Gasteiger partial charge in [0.15, 0.2) is 0 Å². The van der Waals surface area contributed by atoms with Gasteiger partial charge in [-0.25, -0.2) is 9.67 Å². The highest BCUT2D eigenvalue weighted by atomic mass is 16.1. The Kier molecular flexibility index (Phi) is 4.49. The minimum atomic E-state index is -0.242. The molecule has 27 heavy (non-hydrogen) atoms. The van der Waals surface area contributed by atoms with E-state index in [1.54, 1.807) is 17.1 Å². The third-order valence-corrected chi connectivity index (χ3v) is 4.18. The number of hydrogen-bond donors (Lipinski definition) is 1. The Hall–Kier alpha value is -3.73. The number of nitrogens with zero attached hydrogens (tertiary/aromatic N) is 3. The number of benzene rings is 2. The maximum atomic E-state index is 13.0. The van der Waals surface area contributed by atoms with Crippen LogP contribution in [0.4, 0.5) is 5.82 Å². The summed E-state index contributed by atoms with van der Waals surface area (Å²) >= 11 is 0. The first-order chi connectivity index (χ1) is 13.2. The molecular weight excluding hydrogens is 336 g/mol. The summed E-state index contributed by atoms with van der Waals surface area (Å²) in [6.07, 6.45) is 3.43. The number of para-hydroxylation sites is 1. The minimum absolute atomic E-state index is 0.242. The number of nitrogens with one attached hydrogen (secondary N) is 1. The number of amides is 1. The Labute approximate surface area is 157 Å². The highest BCUT2D eigenvalue weighted by Gasteiger charge is 2.19. The van der Waals surface area contributed by atoms with E-state index in [1.807, 2.05) is 79.7 Å². The molecule has 5 heteroatoms. The van der Waals surface area contributed by atoms with Crippen LogP contribution in [0.3, 0.4) is 0 Å². The quantitative estimate of drug-likeness (QED) is 0.587. The van der Waals surface area contributed by atoms with Gasteiger partial charge in [-0.1, -0.05) is 48.5 Å². The lowest BCUT2D eigenvalue weighted by Gasteiger charge is -2.05. The van der Waals surface area contributed by atoms with Crippen molar-refractivity contribution in [1.29, 1.82) is 0 Å². The number of anilines is 1. The van der Waals surface area contributed by atoms with Crippen molar-refractivity contribution in [1.82, 2.24) is 14.8 Å². The smallest absolute Gasteiger partial charge is 0.260 e. The van der Waals surface area contributed by atoms with Crippen LogP contribution in [0.1, 0.15) is 15.9 Å². The Bertz CT molecular complexity index is 1070. The molecule has 2 aromatic heterocycles. The Morgan fingerprint density at radius 3 is 2.37 bits per heavy atom. The normalized spacial score (nSPS) is 10.6. The molecule has 0 unspecified atom stereocenters. The lowest BCUT2D eigenvalue weighted by Crippen LogP contribution is -2.13. The molecule has 1 N–H and O–H groups in total. The number of aryl methyl sites for hydroxylation is 1. The van der Waals surface area contributed by atoms with E-state index in [-0.39, 0.29) is 5.91 Å². The van der Waals surface area contributed by atoms with Gasteiger partial charge in [0, 0.05) is 18.0 Å². The number of aromatic nitrogens is 3. The predicted molar refractivity (Wildman–Crippen MR) is 106 cm³/mol. The number of hydrogen-bond acceptors (Lipinski definition) is 3. The number of carbonyl (C=O) groups is 1. The van der Waals surface area contributed by atoms with Gasteiger partial charge in [0.2, 0.25) is 0 Å². The molecule has 132 valence electrons. The average Bonchev–Trinajstić information content (AvgIpc) is 3.15. The van der Waals surface area contributed by atoms with Crippen molar-refractivity contribution in [3.63, 3.8) is 0 Å². The van der Waals surface area contributed by atoms with Gasteiger partial charge in [-0.2, -0.15) is 5.10 Å². The zero-order valence-electron chi connectivity index (χ0n) is 14.8. The molecular formula is C22H18N4O. The van der Waals surface area contributed by atoms with Gasteiger partial charge >= 0.3 is 0 Å². The maximum Gasteiger partial charge on any atom is 0.260 e. The van der Waals surface area contributed by atoms with E-state index in [4.69, 9.17) is 0 Å². The molecule has 0 spiro atoms. The van der Waals surface area contributed by atoms with Crippen molar-refractivity contribution in [2.24, 2.45) is 0 Å². The molecule has 5 nitrogen and oxygen atoms in total. The molecule has 2 heterocycles. The SMILES string of the molecule is Cc1ccnc(NC(=O)c2cn(-c3ccccc3)nc2-c2ccccc2)c1. The van der Waals surface area contributed by atoms with Crippen molar-refractivity contribution in [3.05, 3.63) is 96.3 Å². The second-order valence-electron chi connectivity index (χ2n) is 6.21. The maximum absolute atomic E-state index is 13.0. The van der Waals surface area contributed by atoms with Gasteiger partial charge in [-0.15, -0.1) is 0 Å². The van der Waals surface area contributed by atoms with Gasteiger partial charge in [0.1, 0.15) is 11.5 Å². The van der Waals surface area contributed by atoms with E-state index in [9.17, 15) is 4.79 Å². The molecule has 0 aliphatic carbocycles. The fourth-order valence-corrected chi connectivity index (χ4v) is 2.85. The summed E-state index contributed by atoms with van der Waals surface area (Å²) in [5, 5.41) is 7.54. The highest BCUT2D eigenvalue weighted by Crippen LogP contribution is 2.24. The summed E-state index contributed by atoms with van der Waals surface area (Å²) in [7, 11) is 0. The van der Waals surface area contributed by atoms with E-state index < -0.39 is 0 Å². The van der Waals surface area contributed by atoms with Crippen molar-refractivity contribution in [3.8, 4) is 16.9 Å². The molecule has 0 aliphatic heterocycles. The van der Waals surface area contributed by atoms with Crippen LogP contribution in [0, 0.1) is 6.92 Å². The van der Waals surface area contributed by atoms with Gasteiger partial charge in [-0.3, -0.25) is 4.79 Å². The van der Waals surface area contributed by atoms with E-state index in [1.165, 1.54) is 0 Å². The number of carbonyl (C=O) groups excluding carboxylic acids is 1. The van der Waals surface area contributed by atoms with Crippen LogP contribution in [0.15, 0.2) is 85.2 Å². The number of rotatable bonds is 4. The fourth-order valence-electron chi connectivity index (χ4n) is 2.85. The van der Waals surface area contributed by atoms with E-state index in [0.717, 1.165) is 16.8 Å². The fraction of sp³-hybridized carbons (Fsp3) is 0.0455. The lowest BCUT2D eigenvalue weighted by atomic mass is 10.1. The molecule has 0 radical (unpaired) electrons. The van der Waals surface area contributed by atoms with Crippen LogP contribution in [0.2, 0.25) is 0 Å². The van der Waals surface area contributed by atoms with Crippen molar-refractivity contribution >= 4 is 11.7 Å². The van der Waals surface area contributed by atoms with Crippen LogP contribution in [0.5, 0.6) is 0 Å². The highest BCUT2D eigenvalue weighted by molar-refractivity contribution is 6.07. The van der Waals surface area contributed by atoms with Gasteiger partial charge in [0.05, 0.1) is 11.3 Å². The molecule has 2 aromatic carbocycles. The molecule has 1 amide bonds. The largest absolute Gasteiger partial charge is 0.306 e. The van der Waals surface area contributed by atoms with Crippen LogP contribution in [0.25, 0.3) is 16.9 Å². The Balaban J connectivity index is 1.76. The second-order valence-corrected chi connectivity index (χ2v) is 6.21. The Morgan fingerprint density at radius 2 is 1.67 bits per heavy atom. The monoisotopic (exact) mass is 354 g/mol. The third-order valence-electron chi connectivity index (χ3n) is 4.18. The summed E-state index contributed by atoms with van der Waals surface area (Å²) in [4.78, 5) is 17.2.